The first-order valence-electron chi connectivity index (χ1n) is 6.91. The van der Waals surface area contributed by atoms with Crippen LogP contribution in [0.5, 0.6) is 0 Å². The van der Waals surface area contributed by atoms with Gasteiger partial charge in [0.25, 0.3) is 0 Å². The fourth-order valence-electron chi connectivity index (χ4n) is 2.46. The van der Waals surface area contributed by atoms with Crippen LogP contribution in [0.3, 0.4) is 0 Å². The summed E-state index contributed by atoms with van der Waals surface area (Å²) in [6, 6.07) is 5.51. The van der Waals surface area contributed by atoms with E-state index in [1.807, 2.05) is 11.0 Å². The van der Waals surface area contributed by atoms with Crippen LogP contribution in [-0.4, -0.2) is 43.0 Å². The van der Waals surface area contributed by atoms with Crippen LogP contribution in [0.4, 0.5) is 5.69 Å². The average molecular weight is 311 g/mol. The SMILES string of the molecule is COC(=O)c1cc(NC2CCN(C(C)=O)CC2)ccc1Cl. The molecule has 1 heterocycles. The molecule has 1 N–H and O–H groups in total. The number of halogens is 1. The number of hydrogen-bond acceptors (Lipinski definition) is 4. The first kappa shape index (κ1) is 15.6. The molecule has 0 atom stereocenters. The Morgan fingerprint density at radius 1 is 1.33 bits per heavy atom. The number of ether oxygens (including phenoxy) is 1. The van der Waals surface area contributed by atoms with Gasteiger partial charge in [-0.3, -0.25) is 4.79 Å². The van der Waals surface area contributed by atoms with Crippen molar-refractivity contribution in [1.29, 1.82) is 0 Å². The molecule has 2 rings (SSSR count). The lowest BCUT2D eigenvalue weighted by Gasteiger charge is -2.32. The van der Waals surface area contributed by atoms with Gasteiger partial charge in [-0.05, 0) is 31.0 Å². The molecule has 0 aliphatic carbocycles. The number of methoxy groups -OCH3 is 1. The maximum Gasteiger partial charge on any atom is 0.339 e. The molecule has 1 aromatic carbocycles. The zero-order chi connectivity index (χ0) is 15.4. The summed E-state index contributed by atoms with van der Waals surface area (Å²) in [5.74, 6) is -0.331. The van der Waals surface area contributed by atoms with Crippen LogP contribution in [0.25, 0.3) is 0 Å². The summed E-state index contributed by atoms with van der Waals surface area (Å²) in [5.41, 5.74) is 1.19. The normalized spacial score (nSPS) is 15.7. The van der Waals surface area contributed by atoms with Crippen molar-refractivity contribution in [3.05, 3.63) is 28.8 Å². The second kappa shape index (κ2) is 6.80. The molecule has 21 heavy (non-hydrogen) atoms. The number of benzene rings is 1. The Balaban J connectivity index is 2.01. The number of nitrogens with one attached hydrogen (secondary N) is 1. The minimum absolute atomic E-state index is 0.118. The van der Waals surface area contributed by atoms with E-state index < -0.39 is 5.97 Å². The molecule has 5 nitrogen and oxygen atoms in total. The van der Waals surface area contributed by atoms with Crippen LogP contribution in [0, 0.1) is 0 Å². The lowest BCUT2D eigenvalue weighted by molar-refractivity contribution is -0.129. The van der Waals surface area contributed by atoms with E-state index in [0.29, 0.717) is 10.6 Å². The molecule has 0 saturated carbocycles. The Morgan fingerprint density at radius 2 is 2.00 bits per heavy atom. The number of nitrogens with zero attached hydrogens (tertiary/aromatic N) is 1. The quantitative estimate of drug-likeness (QED) is 0.872. The van der Waals surface area contributed by atoms with Crippen molar-refractivity contribution in [2.75, 3.05) is 25.5 Å². The first-order chi connectivity index (χ1) is 10.0. The number of carbonyl (C=O) groups excluding carboxylic acids is 2. The summed E-state index contributed by atoms with van der Waals surface area (Å²) in [4.78, 5) is 24.8. The molecule has 0 radical (unpaired) electrons. The number of amides is 1. The molecule has 114 valence electrons. The average Bonchev–Trinajstić information content (AvgIpc) is 2.49. The second-order valence-electron chi connectivity index (χ2n) is 5.11. The third-order valence-electron chi connectivity index (χ3n) is 3.68. The third-order valence-corrected chi connectivity index (χ3v) is 4.01. The number of esters is 1. The van der Waals surface area contributed by atoms with Crippen molar-refractivity contribution < 1.29 is 14.3 Å². The number of likely N-dealkylation sites (tertiary alicyclic amines) is 1. The topological polar surface area (TPSA) is 58.6 Å². The smallest absolute Gasteiger partial charge is 0.339 e. The number of piperidine rings is 1. The van der Waals surface area contributed by atoms with E-state index in [1.54, 1.807) is 19.1 Å². The highest BCUT2D eigenvalue weighted by Gasteiger charge is 2.21. The summed E-state index contributed by atoms with van der Waals surface area (Å²) in [6.07, 6.45) is 1.77. The maximum atomic E-state index is 11.6. The van der Waals surface area contributed by atoms with Crippen molar-refractivity contribution in [3.63, 3.8) is 0 Å². The van der Waals surface area contributed by atoms with Crippen molar-refractivity contribution in [3.8, 4) is 0 Å². The number of hydrogen-bond donors (Lipinski definition) is 1. The lowest BCUT2D eigenvalue weighted by Crippen LogP contribution is -2.41. The summed E-state index contributed by atoms with van der Waals surface area (Å²) in [7, 11) is 1.33. The Labute approximate surface area is 129 Å². The van der Waals surface area contributed by atoms with Gasteiger partial charge in [-0.2, -0.15) is 0 Å². The lowest BCUT2D eigenvalue weighted by atomic mass is 10.0. The fourth-order valence-corrected chi connectivity index (χ4v) is 2.65. The molecule has 1 amide bonds. The molecule has 1 aromatic rings. The predicted octanol–water partition coefficient (Wildman–Crippen LogP) is 2.55. The molecule has 0 spiro atoms. The van der Waals surface area contributed by atoms with Gasteiger partial charge < -0.3 is 15.0 Å². The summed E-state index contributed by atoms with van der Waals surface area (Å²) < 4.78 is 4.71. The zero-order valence-corrected chi connectivity index (χ0v) is 12.9. The van der Waals surface area contributed by atoms with Crippen LogP contribution in [-0.2, 0) is 9.53 Å². The van der Waals surface area contributed by atoms with Gasteiger partial charge in [-0.25, -0.2) is 4.79 Å². The molecule has 0 bridgehead atoms. The van der Waals surface area contributed by atoms with Crippen molar-refractivity contribution in [2.24, 2.45) is 0 Å². The van der Waals surface area contributed by atoms with Crippen molar-refractivity contribution in [2.45, 2.75) is 25.8 Å². The largest absolute Gasteiger partial charge is 0.465 e. The molecule has 0 aromatic heterocycles. The third kappa shape index (κ3) is 3.88. The van der Waals surface area contributed by atoms with Crippen molar-refractivity contribution in [1.82, 2.24) is 4.90 Å². The Bertz CT molecular complexity index is 540. The van der Waals surface area contributed by atoms with Gasteiger partial charge in [-0.1, -0.05) is 11.6 Å². The summed E-state index contributed by atoms with van der Waals surface area (Å²) in [5, 5.41) is 3.76. The maximum absolute atomic E-state index is 11.6. The van der Waals surface area contributed by atoms with Gasteiger partial charge in [0, 0.05) is 31.7 Å². The van der Waals surface area contributed by atoms with Crippen LogP contribution in [0.2, 0.25) is 5.02 Å². The minimum Gasteiger partial charge on any atom is -0.465 e. The molecular weight excluding hydrogens is 292 g/mol. The molecule has 1 aliphatic rings. The summed E-state index contributed by atoms with van der Waals surface area (Å²) in [6.45, 7) is 3.10. The van der Waals surface area contributed by atoms with E-state index in [2.05, 4.69) is 5.32 Å². The number of anilines is 1. The van der Waals surface area contributed by atoms with E-state index in [1.165, 1.54) is 7.11 Å². The van der Waals surface area contributed by atoms with E-state index in [9.17, 15) is 9.59 Å². The standard InChI is InChI=1S/C15H19ClN2O3/c1-10(19)18-7-5-11(6-8-18)17-12-3-4-14(16)13(9-12)15(20)21-2/h3-4,9,11,17H,5-8H2,1-2H3. The van der Waals surface area contributed by atoms with Gasteiger partial charge in [0.15, 0.2) is 0 Å². The zero-order valence-electron chi connectivity index (χ0n) is 12.2. The minimum atomic E-state index is -0.449. The Morgan fingerprint density at radius 3 is 2.57 bits per heavy atom. The van der Waals surface area contributed by atoms with E-state index >= 15 is 0 Å². The van der Waals surface area contributed by atoms with Gasteiger partial charge in [0.05, 0.1) is 17.7 Å². The highest BCUT2D eigenvalue weighted by Crippen LogP contribution is 2.23. The Hall–Kier alpha value is -1.75. The molecular formula is C15H19ClN2O3. The number of carbonyl (C=O) groups is 2. The fraction of sp³-hybridized carbons (Fsp3) is 0.467. The molecule has 1 fully saturated rings. The van der Waals surface area contributed by atoms with Gasteiger partial charge >= 0.3 is 5.97 Å². The summed E-state index contributed by atoms with van der Waals surface area (Å²) >= 11 is 5.99. The Kier molecular flexibility index (Phi) is 5.07. The second-order valence-corrected chi connectivity index (χ2v) is 5.52. The van der Waals surface area contributed by atoms with Gasteiger partial charge in [-0.15, -0.1) is 0 Å². The molecule has 1 aliphatic heterocycles. The highest BCUT2D eigenvalue weighted by atomic mass is 35.5. The van der Waals surface area contributed by atoms with Crippen LogP contribution in [0.1, 0.15) is 30.1 Å². The molecule has 0 unspecified atom stereocenters. The van der Waals surface area contributed by atoms with Gasteiger partial charge in [0.1, 0.15) is 0 Å². The molecule has 6 heteroatoms. The number of rotatable bonds is 3. The molecule has 1 saturated heterocycles. The highest BCUT2D eigenvalue weighted by molar-refractivity contribution is 6.33. The predicted molar refractivity (Wildman–Crippen MR) is 81.7 cm³/mol. The first-order valence-corrected chi connectivity index (χ1v) is 7.29. The monoisotopic (exact) mass is 310 g/mol. The van der Waals surface area contributed by atoms with Crippen LogP contribution >= 0.6 is 11.6 Å². The van der Waals surface area contributed by atoms with E-state index in [-0.39, 0.29) is 11.9 Å². The van der Waals surface area contributed by atoms with E-state index in [0.717, 1.165) is 31.6 Å². The van der Waals surface area contributed by atoms with E-state index in [4.69, 9.17) is 16.3 Å². The van der Waals surface area contributed by atoms with Gasteiger partial charge in [0.2, 0.25) is 5.91 Å². The van der Waals surface area contributed by atoms with Crippen LogP contribution < -0.4 is 5.32 Å². The van der Waals surface area contributed by atoms with Crippen molar-refractivity contribution >= 4 is 29.2 Å². The van der Waals surface area contributed by atoms with Crippen LogP contribution in [0.15, 0.2) is 18.2 Å².